The number of piperidine rings is 1. The molecule has 2 aromatic rings. The normalized spacial score (nSPS) is 21.1. The Morgan fingerprint density at radius 1 is 1.03 bits per heavy atom. The maximum absolute atomic E-state index is 13.2. The standard InChI is InChI=1S/C23H25ClN2O4/c24-19-8-6-17(7-9-19)14-21(27)26-20(22(28)29)16-30-23(26)10-12-25(13-11-23)15-18-4-2-1-3-5-18/h1-9,20H,10-16H2,(H,28,29)/t20-/m1/s1. The van der Waals surface area contributed by atoms with Crippen LogP contribution < -0.4 is 0 Å². The van der Waals surface area contributed by atoms with E-state index in [-0.39, 0.29) is 18.9 Å². The molecular formula is C23H25ClN2O4. The van der Waals surface area contributed by atoms with E-state index in [4.69, 9.17) is 16.3 Å². The van der Waals surface area contributed by atoms with Gasteiger partial charge < -0.3 is 9.84 Å². The molecule has 2 heterocycles. The monoisotopic (exact) mass is 428 g/mol. The Morgan fingerprint density at radius 3 is 2.33 bits per heavy atom. The molecule has 1 spiro atoms. The molecule has 1 atom stereocenters. The molecule has 1 N–H and O–H groups in total. The molecule has 0 aliphatic carbocycles. The lowest BCUT2D eigenvalue weighted by molar-refractivity contribution is -0.165. The van der Waals surface area contributed by atoms with Crippen LogP contribution in [0.15, 0.2) is 54.6 Å². The van der Waals surface area contributed by atoms with E-state index in [1.165, 1.54) is 10.5 Å². The van der Waals surface area contributed by atoms with E-state index in [0.717, 1.165) is 25.2 Å². The minimum atomic E-state index is -1.02. The molecule has 0 radical (unpaired) electrons. The maximum atomic E-state index is 13.2. The number of amides is 1. The first-order valence-electron chi connectivity index (χ1n) is 10.2. The smallest absolute Gasteiger partial charge is 0.328 e. The second kappa shape index (κ2) is 8.76. The molecule has 0 aromatic heterocycles. The van der Waals surface area contributed by atoms with Gasteiger partial charge in [0, 0.05) is 37.5 Å². The number of rotatable bonds is 5. The van der Waals surface area contributed by atoms with Gasteiger partial charge in [0.05, 0.1) is 13.0 Å². The SMILES string of the molecule is O=C(O)[C@H]1COC2(CCN(Cc3ccccc3)CC2)N1C(=O)Cc1ccc(Cl)cc1. The Morgan fingerprint density at radius 2 is 1.70 bits per heavy atom. The molecule has 2 aromatic carbocycles. The highest BCUT2D eigenvalue weighted by Gasteiger charge is 2.53. The van der Waals surface area contributed by atoms with E-state index in [1.807, 2.05) is 18.2 Å². The number of halogens is 1. The van der Waals surface area contributed by atoms with Crippen molar-refractivity contribution in [2.24, 2.45) is 0 Å². The van der Waals surface area contributed by atoms with Gasteiger partial charge in [0.2, 0.25) is 5.91 Å². The Balaban J connectivity index is 1.48. The highest BCUT2D eigenvalue weighted by atomic mass is 35.5. The van der Waals surface area contributed by atoms with E-state index >= 15 is 0 Å². The van der Waals surface area contributed by atoms with Crippen LogP contribution in [0.3, 0.4) is 0 Å². The molecule has 0 unspecified atom stereocenters. The van der Waals surface area contributed by atoms with Gasteiger partial charge in [-0.1, -0.05) is 54.1 Å². The fourth-order valence-corrected chi connectivity index (χ4v) is 4.52. The number of carbonyl (C=O) groups excluding carboxylic acids is 1. The minimum Gasteiger partial charge on any atom is -0.480 e. The number of likely N-dealkylation sites (tertiary alicyclic amines) is 1. The van der Waals surface area contributed by atoms with Crippen molar-refractivity contribution >= 4 is 23.5 Å². The second-order valence-electron chi connectivity index (χ2n) is 7.94. The average Bonchev–Trinajstić information content (AvgIpc) is 3.12. The number of hydrogen-bond acceptors (Lipinski definition) is 4. The maximum Gasteiger partial charge on any atom is 0.328 e. The average molecular weight is 429 g/mol. The van der Waals surface area contributed by atoms with Gasteiger partial charge in [0.15, 0.2) is 6.04 Å². The number of hydrogen-bond donors (Lipinski definition) is 1. The fraction of sp³-hybridized carbons (Fsp3) is 0.391. The van der Waals surface area contributed by atoms with Crippen LogP contribution in [0.2, 0.25) is 5.02 Å². The minimum absolute atomic E-state index is 0.0282. The lowest BCUT2D eigenvalue weighted by atomic mass is 9.96. The molecule has 30 heavy (non-hydrogen) atoms. The van der Waals surface area contributed by atoms with Crippen molar-refractivity contribution in [2.45, 2.75) is 37.6 Å². The Bertz CT molecular complexity index is 895. The third-order valence-electron chi connectivity index (χ3n) is 5.97. The van der Waals surface area contributed by atoms with Gasteiger partial charge >= 0.3 is 5.97 Å². The third-order valence-corrected chi connectivity index (χ3v) is 6.22. The summed E-state index contributed by atoms with van der Waals surface area (Å²) in [5.74, 6) is -1.25. The van der Waals surface area contributed by atoms with Gasteiger partial charge in [-0.25, -0.2) is 4.79 Å². The summed E-state index contributed by atoms with van der Waals surface area (Å²) in [6, 6.07) is 16.3. The van der Waals surface area contributed by atoms with Gasteiger partial charge in [-0.05, 0) is 23.3 Å². The summed E-state index contributed by atoms with van der Waals surface area (Å²) in [6.45, 7) is 2.34. The van der Waals surface area contributed by atoms with Crippen LogP contribution in [-0.2, 0) is 27.3 Å². The van der Waals surface area contributed by atoms with E-state index in [0.29, 0.717) is 17.9 Å². The lowest BCUT2D eigenvalue weighted by Gasteiger charge is -2.44. The van der Waals surface area contributed by atoms with Crippen molar-refractivity contribution in [2.75, 3.05) is 19.7 Å². The predicted molar refractivity (Wildman–Crippen MR) is 113 cm³/mol. The van der Waals surface area contributed by atoms with E-state index in [9.17, 15) is 14.7 Å². The van der Waals surface area contributed by atoms with Crippen molar-refractivity contribution < 1.29 is 19.4 Å². The number of benzene rings is 2. The van der Waals surface area contributed by atoms with Gasteiger partial charge in [-0.3, -0.25) is 14.6 Å². The highest BCUT2D eigenvalue weighted by molar-refractivity contribution is 6.30. The largest absolute Gasteiger partial charge is 0.480 e. The van der Waals surface area contributed by atoms with Crippen LogP contribution in [0.4, 0.5) is 0 Å². The molecule has 2 fully saturated rings. The van der Waals surface area contributed by atoms with Crippen molar-refractivity contribution in [3.8, 4) is 0 Å². The molecular weight excluding hydrogens is 404 g/mol. The molecule has 6 nitrogen and oxygen atoms in total. The Kier molecular flexibility index (Phi) is 6.09. The van der Waals surface area contributed by atoms with Crippen LogP contribution in [0.25, 0.3) is 0 Å². The number of nitrogens with zero attached hydrogens (tertiary/aromatic N) is 2. The van der Waals surface area contributed by atoms with Crippen molar-refractivity contribution in [3.63, 3.8) is 0 Å². The second-order valence-corrected chi connectivity index (χ2v) is 8.38. The summed E-state index contributed by atoms with van der Waals surface area (Å²) < 4.78 is 6.02. The van der Waals surface area contributed by atoms with Gasteiger partial charge in [-0.2, -0.15) is 0 Å². The molecule has 7 heteroatoms. The van der Waals surface area contributed by atoms with Crippen molar-refractivity contribution in [3.05, 3.63) is 70.7 Å². The van der Waals surface area contributed by atoms with E-state index < -0.39 is 17.7 Å². The molecule has 2 aliphatic heterocycles. The van der Waals surface area contributed by atoms with Gasteiger partial charge in [-0.15, -0.1) is 0 Å². The quantitative estimate of drug-likeness (QED) is 0.792. The van der Waals surface area contributed by atoms with E-state index in [2.05, 4.69) is 17.0 Å². The summed E-state index contributed by atoms with van der Waals surface area (Å²) >= 11 is 5.93. The first-order chi connectivity index (χ1) is 14.5. The third kappa shape index (κ3) is 4.36. The van der Waals surface area contributed by atoms with Crippen LogP contribution in [0, 0.1) is 0 Å². The molecule has 2 aliphatic rings. The number of carbonyl (C=O) groups is 2. The van der Waals surface area contributed by atoms with Crippen LogP contribution >= 0.6 is 11.6 Å². The molecule has 0 saturated carbocycles. The zero-order valence-corrected chi connectivity index (χ0v) is 17.4. The molecule has 2 saturated heterocycles. The zero-order chi connectivity index (χ0) is 21.1. The van der Waals surface area contributed by atoms with Crippen LogP contribution in [-0.4, -0.2) is 58.2 Å². The number of aliphatic carboxylic acids is 1. The lowest BCUT2D eigenvalue weighted by Crippen LogP contribution is -2.58. The number of carboxylic acid groups (broad SMARTS) is 1. The van der Waals surface area contributed by atoms with Gasteiger partial charge in [0.25, 0.3) is 0 Å². The molecule has 158 valence electrons. The van der Waals surface area contributed by atoms with Crippen LogP contribution in [0.1, 0.15) is 24.0 Å². The molecule has 0 bridgehead atoms. The van der Waals surface area contributed by atoms with Crippen molar-refractivity contribution in [1.82, 2.24) is 9.80 Å². The molecule has 1 amide bonds. The summed E-state index contributed by atoms with van der Waals surface area (Å²) in [6.07, 6.45) is 1.31. The highest BCUT2D eigenvalue weighted by Crippen LogP contribution is 2.38. The Hall–Kier alpha value is -2.41. The van der Waals surface area contributed by atoms with E-state index in [1.54, 1.807) is 24.3 Å². The summed E-state index contributed by atoms with van der Waals surface area (Å²) in [7, 11) is 0. The van der Waals surface area contributed by atoms with Crippen LogP contribution in [0.5, 0.6) is 0 Å². The Labute approximate surface area is 181 Å². The first-order valence-corrected chi connectivity index (χ1v) is 10.5. The zero-order valence-electron chi connectivity index (χ0n) is 16.7. The van der Waals surface area contributed by atoms with Crippen molar-refractivity contribution in [1.29, 1.82) is 0 Å². The summed E-state index contributed by atoms with van der Waals surface area (Å²) in [5, 5.41) is 10.3. The fourth-order valence-electron chi connectivity index (χ4n) is 4.39. The summed E-state index contributed by atoms with van der Waals surface area (Å²) in [5.41, 5.74) is 1.19. The number of carboxylic acids is 1. The molecule has 4 rings (SSSR count). The first kappa shape index (κ1) is 20.8. The predicted octanol–water partition coefficient (Wildman–Crippen LogP) is 3.19. The van der Waals surface area contributed by atoms with Gasteiger partial charge in [0.1, 0.15) is 5.72 Å². The topological polar surface area (TPSA) is 70.1 Å². The number of ether oxygens (including phenoxy) is 1. The summed E-state index contributed by atoms with van der Waals surface area (Å²) in [4.78, 5) is 28.8.